The molecular formula is C22H30ClN3O. The van der Waals surface area contributed by atoms with Gasteiger partial charge in [0.25, 0.3) is 0 Å². The molecule has 2 fully saturated rings. The second kappa shape index (κ2) is 11.3. The molecule has 0 spiro atoms. The Morgan fingerprint density at radius 1 is 1.22 bits per heavy atom. The summed E-state index contributed by atoms with van der Waals surface area (Å²) in [6.45, 7) is 2.37. The van der Waals surface area contributed by atoms with Gasteiger partial charge in [-0.2, -0.15) is 5.26 Å². The SMILES string of the molecule is Cl.N#CCCOC1(C#CCN2CCCC[C@H]2c2cccnc2)CCCCC1. The van der Waals surface area contributed by atoms with Crippen molar-refractivity contribution in [1.82, 2.24) is 9.88 Å². The number of hydrogen-bond acceptors (Lipinski definition) is 4. The lowest BCUT2D eigenvalue weighted by Crippen LogP contribution is -2.36. The van der Waals surface area contributed by atoms with Crippen LogP contribution in [0.1, 0.15) is 69.4 Å². The summed E-state index contributed by atoms with van der Waals surface area (Å²) in [6.07, 6.45) is 13.6. The van der Waals surface area contributed by atoms with Crippen LogP contribution in [0.15, 0.2) is 24.5 Å². The largest absolute Gasteiger partial charge is 0.361 e. The van der Waals surface area contributed by atoms with Gasteiger partial charge in [-0.1, -0.05) is 30.7 Å². The number of nitriles is 1. The number of halogens is 1. The van der Waals surface area contributed by atoms with Crippen LogP contribution in [-0.4, -0.2) is 35.2 Å². The van der Waals surface area contributed by atoms with Gasteiger partial charge in [0.2, 0.25) is 0 Å². The van der Waals surface area contributed by atoms with Crippen LogP contribution in [-0.2, 0) is 4.74 Å². The number of pyridine rings is 1. The van der Waals surface area contributed by atoms with Crippen LogP contribution < -0.4 is 0 Å². The summed E-state index contributed by atoms with van der Waals surface area (Å²) in [5.74, 6) is 6.91. The molecule has 1 atom stereocenters. The Balaban J connectivity index is 0.00000261. The molecule has 1 aromatic heterocycles. The van der Waals surface area contributed by atoms with Crippen molar-refractivity contribution >= 4 is 12.4 Å². The molecule has 146 valence electrons. The molecule has 2 aliphatic rings. The highest BCUT2D eigenvalue weighted by molar-refractivity contribution is 5.85. The van der Waals surface area contributed by atoms with E-state index in [1.807, 2.05) is 18.5 Å². The third-order valence-electron chi connectivity index (χ3n) is 5.53. The van der Waals surface area contributed by atoms with Crippen LogP contribution in [0.4, 0.5) is 0 Å². The van der Waals surface area contributed by atoms with E-state index in [-0.39, 0.29) is 18.0 Å². The van der Waals surface area contributed by atoms with Gasteiger partial charge in [-0.3, -0.25) is 9.88 Å². The lowest BCUT2D eigenvalue weighted by Gasteiger charge is -2.35. The normalized spacial score (nSPS) is 22.0. The molecule has 5 heteroatoms. The van der Waals surface area contributed by atoms with Gasteiger partial charge in [-0.15, -0.1) is 12.4 Å². The maximum absolute atomic E-state index is 8.79. The first-order chi connectivity index (χ1) is 12.8. The minimum absolute atomic E-state index is 0. The molecule has 1 saturated carbocycles. The maximum atomic E-state index is 8.79. The lowest BCUT2D eigenvalue weighted by atomic mass is 9.85. The number of aromatic nitrogens is 1. The van der Waals surface area contributed by atoms with Crippen LogP contribution >= 0.6 is 12.4 Å². The van der Waals surface area contributed by atoms with E-state index in [0.29, 0.717) is 19.1 Å². The molecule has 0 bridgehead atoms. The van der Waals surface area contributed by atoms with E-state index in [1.54, 1.807) is 0 Å². The maximum Gasteiger partial charge on any atom is 0.128 e. The van der Waals surface area contributed by atoms with E-state index in [4.69, 9.17) is 10.00 Å². The number of piperidine rings is 1. The Labute approximate surface area is 169 Å². The van der Waals surface area contributed by atoms with E-state index < -0.39 is 0 Å². The Kier molecular flexibility index (Phi) is 9.08. The fraction of sp³-hybridized carbons (Fsp3) is 0.636. The quantitative estimate of drug-likeness (QED) is 0.544. The summed E-state index contributed by atoms with van der Waals surface area (Å²) < 4.78 is 6.09. The van der Waals surface area contributed by atoms with Crippen LogP contribution in [0.5, 0.6) is 0 Å². The molecule has 1 saturated heterocycles. The molecule has 1 aliphatic heterocycles. The van der Waals surface area contributed by atoms with Crippen LogP contribution in [0.2, 0.25) is 0 Å². The van der Waals surface area contributed by atoms with Gasteiger partial charge in [-0.25, -0.2) is 0 Å². The first-order valence-corrected chi connectivity index (χ1v) is 9.98. The number of hydrogen-bond donors (Lipinski definition) is 0. The van der Waals surface area contributed by atoms with Crippen molar-refractivity contribution in [2.24, 2.45) is 0 Å². The highest BCUT2D eigenvalue weighted by Gasteiger charge is 2.31. The number of likely N-dealkylation sites (tertiary alicyclic amines) is 1. The van der Waals surface area contributed by atoms with Crippen LogP contribution in [0, 0.1) is 23.2 Å². The predicted molar refractivity (Wildman–Crippen MR) is 109 cm³/mol. The monoisotopic (exact) mass is 387 g/mol. The summed E-state index contributed by atoms with van der Waals surface area (Å²) in [5, 5.41) is 8.79. The molecule has 0 unspecified atom stereocenters. The zero-order valence-corrected chi connectivity index (χ0v) is 16.8. The minimum Gasteiger partial charge on any atom is -0.361 e. The van der Waals surface area contributed by atoms with Crippen molar-refractivity contribution < 1.29 is 4.74 Å². The van der Waals surface area contributed by atoms with Crippen molar-refractivity contribution in [2.45, 2.75) is 69.4 Å². The number of ether oxygens (including phenoxy) is 1. The first-order valence-electron chi connectivity index (χ1n) is 9.98. The number of rotatable bonds is 5. The highest BCUT2D eigenvalue weighted by Crippen LogP contribution is 2.32. The zero-order valence-electron chi connectivity index (χ0n) is 16.0. The molecular weight excluding hydrogens is 358 g/mol. The van der Waals surface area contributed by atoms with Gasteiger partial charge in [0, 0.05) is 18.4 Å². The average Bonchev–Trinajstić information content (AvgIpc) is 2.70. The summed E-state index contributed by atoms with van der Waals surface area (Å²) in [5.41, 5.74) is 0.973. The summed E-state index contributed by atoms with van der Waals surface area (Å²) in [6, 6.07) is 6.79. The fourth-order valence-electron chi connectivity index (χ4n) is 4.15. The van der Waals surface area contributed by atoms with Crippen molar-refractivity contribution in [3.8, 4) is 17.9 Å². The van der Waals surface area contributed by atoms with Crippen molar-refractivity contribution in [3.63, 3.8) is 0 Å². The molecule has 0 N–H and O–H groups in total. The van der Waals surface area contributed by atoms with Crippen LogP contribution in [0.3, 0.4) is 0 Å². The Morgan fingerprint density at radius 3 is 2.81 bits per heavy atom. The third kappa shape index (κ3) is 6.22. The molecule has 27 heavy (non-hydrogen) atoms. The predicted octanol–water partition coefficient (Wildman–Crippen LogP) is 4.67. The Hall–Kier alpha value is -1.59. The van der Waals surface area contributed by atoms with E-state index in [1.165, 1.54) is 44.1 Å². The van der Waals surface area contributed by atoms with E-state index in [2.05, 4.69) is 33.9 Å². The average molecular weight is 388 g/mol. The molecule has 3 rings (SSSR count). The molecule has 1 aromatic rings. The Morgan fingerprint density at radius 2 is 2.07 bits per heavy atom. The zero-order chi connectivity index (χ0) is 18.1. The second-order valence-corrected chi connectivity index (χ2v) is 7.38. The van der Waals surface area contributed by atoms with Gasteiger partial charge >= 0.3 is 0 Å². The second-order valence-electron chi connectivity index (χ2n) is 7.38. The summed E-state index contributed by atoms with van der Waals surface area (Å²) in [4.78, 5) is 6.78. The van der Waals surface area contributed by atoms with Gasteiger partial charge in [0.1, 0.15) is 5.60 Å². The minimum atomic E-state index is -0.325. The summed E-state index contributed by atoms with van der Waals surface area (Å²) >= 11 is 0. The van der Waals surface area contributed by atoms with Crippen molar-refractivity contribution in [1.29, 1.82) is 5.26 Å². The number of nitrogens with zero attached hydrogens (tertiary/aromatic N) is 3. The molecule has 2 heterocycles. The third-order valence-corrected chi connectivity index (χ3v) is 5.53. The molecule has 4 nitrogen and oxygen atoms in total. The molecule has 0 amide bonds. The van der Waals surface area contributed by atoms with Gasteiger partial charge in [0.15, 0.2) is 0 Å². The van der Waals surface area contributed by atoms with Crippen molar-refractivity contribution in [3.05, 3.63) is 30.1 Å². The summed E-state index contributed by atoms with van der Waals surface area (Å²) in [7, 11) is 0. The first kappa shape index (κ1) is 21.7. The fourth-order valence-corrected chi connectivity index (χ4v) is 4.15. The topological polar surface area (TPSA) is 49.1 Å². The van der Waals surface area contributed by atoms with Gasteiger partial charge in [-0.05, 0) is 56.7 Å². The lowest BCUT2D eigenvalue weighted by molar-refractivity contribution is -0.0233. The molecule has 0 aromatic carbocycles. The van der Waals surface area contributed by atoms with E-state index in [0.717, 1.165) is 25.9 Å². The molecule has 1 aliphatic carbocycles. The smallest absolute Gasteiger partial charge is 0.128 e. The molecule has 0 radical (unpaired) electrons. The van der Waals surface area contributed by atoms with Gasteiger partial charge < -0.3 is 4.74 Å². The highest BCUT2D eigenvalue weighted by atomic mass is 35.5. The van der Waals surface area contributed by atoms with Crippen LogP contribution in [0.25, 0.3) is 0 Å². The van der Waals surface area contributed by atoms with E-state index in [9.17, 15) is 0 Å². The standard InChI is InChI=1S/C22H29N3O.ClH/c23-14-8-18-26-22(11-3-1-4-12-22)13-7-17-25-16-5-2-10-21(25)20-9-6-15-24-19-20;/h6,9,15,19,21H,1-5,8,10-12,16-18H2;1H/t21-;/m0./s1. The Bertz CT molecular complexity index is 656. The van der Waals surface area contributed by atoms with Crippen molar-refractivity contribution in [2.75, 3.05) is 19.7 Å². The van der Waals surface area contributed by atoms with Gasteiger partial charge in [0.05, 0.1) is 25.6 Å². The van der Waals surface area contributed by atoms with E-state index >= 15 is 0 Å².